The second-order valence-electron chi connectivity index (χ2n) is 10.5. The van der Waals surface area contributed by atoms with E-state index < -0.39 is 0 Å². The summed E-state index contributed by atoms with van der Waals surface area (Å²) in [5.41, 5.74) is 8.94. The Bertz CT molecular complexity index is 1960. The van der Waals surface area contributed by atoms with E-state index in [1.165, 1.54) is 27.4 Å². The maximum Gasteiger partial charge on any atom is 0.216 e. The van der Waals surface area contributed by atoms with Crippen LogP contribution in [0.25, 0.3) is 38.5 Å². The standard InChI is InChI=1S/C34H26N4/c1-34(2)27-21-20-24(36-29-17-9-6-14-25(29)26-15-7-10-18-30(26)36)22-32(27)37(23-12-4-3-5-13-23)33-35-28-16-8-11-19-31(28)38(33)34/h3-22H,1-2H3. The zero-order valence-corrected chi connectivity index (χ0v) is 21.3. The zero-order chi connectivity index (χ0) is 25.4. The number of aromatic nitrogens is 3. The van der Waals surface area contributed by atoms with Crippen molar-refractivity contribution in [3.8, 4) is 5.69 Å². The first-order valence-corrected chi connectivity index (χ1v) is 13.1. The Kier molecular flexibility index (Phi) is 4.25. The van der Waals surface area contributed by atoms with Gasteiger partial charge in [0.25, 0.3) is 0 Å². The second kappa shape index (κ2) is 7.59. The number of benzene rings is 5. The van der Waals surface area contributed by atoms with Gasteiger partial charge in [0.05, 0.1) is 33.3 Å². The summed E-state index contributed by atoms with van der Waals surface area (Å²) in [5, 5.41) is 2.53. The minimum Gasteiger partial charge on any atom is -0.309 e. The first-order chi connectivity index (χ1) is 18.6. The molecule has 38 heavy (non-hydrogen) atoms. The molecule has 8 rings (SSSR count). The number of rotatable bonds is 2. The molecule has 7 aromatic rings. The van der Waals surface area contributed by atoms with Crippen molar-refractivity contribution in [3.05, 3.63) is 127 Å². The van der Waals surface area contributed by atoms with E-state index in [-0.39, 0.29) is 5.54 Å². The summed E-state index contributed by atoms with van der Waals surface area (Å²) in [6.07, 6.45) is 0. The van der Waals surface area contributed by atoms with Crippen LogP contribution in [0, 0.1) is 0 Å². The van der Waals surface area contributed by atoms with Crippen molar-refractivity contribution in [3.63, 3.8) is 0 Å². The van der Waals surface area contributed by atoms with Crippen molar-refractivity contribution >= 4 is 50.2 Å². The molecule has 4 nitrogen and oxygen atoms in total. The summed E-state index contributed by atoms with van der Waals surface area (Å²) in [6, 6.07) is 43.3. The lowest BCUT2D eigenvalue weighted by atomic mass is 9.89. The van der Waals surface area contributed by atoms with Gasteiger partial charge in [0.2, 0.25) is 5.95 Å². The van der Waals surface area contributed by atoms with Crippen molar-refractivity contribution in [2.45, 2.75) is 19.4 Å². The first kappa shape index (κ1) is 21.3. The summed E-state index contributed by atoms with van der Waals surface area (Å²) < 4.78 is 4.77. The first-order valence-electron chi connectivity index (χ1n) is 13.1. The Balaban J connectivity index is 1.46. The Labute approximate surface area is 221 Å². The van der Waals surface area contributed by atoms with E-state index in [2.05, 4.69) is 149 Å². The highest BCUT2D eigenvalue weighted by Gasteiger charge is 2.39. The van der Waals surface area contributed by atoms with Gasteiger partial charge in [-0.1, -0.05) is 72.8 Å². The molecule has 0 saturated carbocycles. The lowest BCUT2D eigenvalue weighted by Crippen LogP contribution is -2.36. The van der Waals surface area contributed by atoms with Gasteiger partial charge < -0.3 is 4.57 Å². The normalized spacial score (nSPS) is 14.2. The van der Waals surface area contributed by atoms with Crippen LogP contribution < -0.4 is 4.90 Å². The van der Waals surface area contributed by atoms with Crippen molar-refractivity contribution in [1.82, 2.24) is 14.1 Å². The summed E-state index contributed by atoms with van der Waals surface area (Å²) in [5.74, 6) is 0.939. The van der Waals surface area contributed by atoms with Gasteiger partial charge in [-0.25, -0.2) is 4.98 Å². The van der Waals surface area contributed by atoms with Crippen LogP contribution in [0.1, 0.15) is 19.4 Å². The lowest BCUT2D eigenvalue weighted by molar-refractivity contribution is 0.442. The van der Waals surface area contributed by atoms with Gasteiger partial charge in [0.1, 0.15) is 0 Å². The fourth-order valence-corrected chi connectivity index (χ4v) is 6.34. The van der Waals surface area contributed by atoms with Gasteiger partial charge in [-0.05, 0) is 62.4 Å². The highest BCUT2D eigenvalue weighted by Crippen LogP contribution is 2.50. The molecule has 0 unspecified atom stereocenters. The van der Waals surface area contributed by atoms with Crippen LogP contribution in [0.5, 0.6) is 0 Å². The molecule has 1 aliphatic heterocycles. The van der Waals surface area contributed by atoms with Crippen LogP contribution in [0.2, 0.25) is 0 Å². The Morgan fingerprint density at radius 3 is 1.89 bits per heavy atom. The Morgan fingerprint density at radius 2 is 1.18 bits per heavy atom. The Morgan fingerprint density at radius 1 is 0.579 bits per heavy atom. The number of nitrogens with zero attached hydrogens (tertiary/aromatic N) is 4. The maximum absolute atomic E-state index is 5.18. The molecule has 4 heteroatoms. The van der Waals surface area contributed by atoms with E-state index in [9.17, 15) is 0 Å². The summed E-state index contributed by atoms with van der Waals surface area (Å²) in [4.78, 5) is 7.50. The third-order valence-corrected chi connectivity index (χ3v) is 8.04. The fourth-order valence-electron chi connectivity index (χ4n) is 6.34. The quantitative estimate of drug-likeness (QED) is 0.242. The smallest absolute Gasteiger partial charge is 0.216 e. The van der Waals surface area contributed by atoms with E-state index in [0.717, 1.165) is 34.0 Å². The molecule has 1 aliphatic rings. The maximum atomic E-state index is 5.18. The summed E-state index contributed by atoms with van der Waals surface area (Å²) in [6.45, 7) is 4.60. The fraction of sp³-hybridized carbons (Fsp3) is 0.0882. The third-order valence-electron chi connectivity index (χ3n) is 8.04. The van der Waals surface area contributed by atoms with Gasteiger partial charge in [-0.15, -0.1) is 0 Å². The summed E-state index contributed by atoms with van der Waals surface area (Å²) in [7, 11) is 0. The minimum absolute atomic E-state index is 0.286. The molecule has 5 aromatic carbocycles. The van der Waals surface area contributed by atoms with E-state index in [0.29, 0.717) is 0 Å². The molecule has 0 amide bonds. The molecule has 0 atom stereocenters. The number of hydrogen-bond donors (Lipinski definition) is 0. The minimum atomic E-state index is -0.286. The second-order valence-corrected chi connectivity index (χ2v) is 10.5. The van der Waals surface area contributed by atoms with E-state index in [1.807, 2.05) is 0 Å². The molecule has 0 spiro atoms. The van der Waals surface area contributed by atoms with Crippen LogP contribution in [0.4, 0.5) is 17.3 Å². The van der Waals surface area contributed by atoms with Crippen molar-refractivity contribution in [1.29, 1.82) is 0 Å². The van der Waals surface area contributed by atoms with E-state index >= 15 is 0 Å². The average molecular weight is 491 g/mol. The largest absolute Gasteiger partial charge is 0.309 e. The van der Waals surface area contributed by atoms with Gasteiger partial charge in [-0.2, -0.15) is 0 Å². The van der Waals surface area contributed by atoms with Crippen LogP contribution in [0.3, 0.4) is 0 Å². The van der Waals surface area contributed by atoms with E-state index in [1.54, 1.807) is 0 Å². The zero-order valence-electron chi connectivity index (χ0n) is 21.3. The molecule has 0 saturated heterocycles. The average Bonchev–Trinajstić information content (AvgIpc) is 3.50. The van der Waals surface area contributed by atoms with Gasteiger partial charge in [0.15, 0.2) is 0 Å². The predicted molar refractivity (Wildman–Crippen MR) is 157 cm³/mol. The van der Waals surface area contributed by atoms with Gasteiger partial charge >= 0.3 is 0 Å². The number of fused-ring (bicyclic) bond motifs is 7. The number of para-hydroxylation sites is 5. The van der Waals surface area contributed by atoms with Gasteiger partial charge in [-0.3, -0.25) is 9.47 Å². The van der Waals surface area contributed by atoms with Gasteiger partial charge in [0, 0.05) is 27.7 Å². The van der Waals surface area contributed by atoms with Crippen molar-refractivity contribution in [2.24, 2.45) is 0 Å². The number of imidazole rings is 1. The highest BCUT2D eigenvalue weighted by atomic mass is 15.4. The molecular weight excluding hydrogens is 464 g/mol. The third kappa shape index (κ3) is 2.77. The van der Waals surface area contributed by atoms with Crippen LogP contribution in [-0.2, 0) is 5.54 Å². The predicted octanol–water partition coefficient (Wildman–Crippen LogP) is 8.70. The van der Waals surface area contributed by atoms with Crippen LogP contribution in [0.15, 0.2) is 121 Å². The molecule has 0 radical (unpaired) electrons. The van der Waals surface area contributed by atoms with Crippen LogP contribution in [-0.4, -0.2) is 14.1 Å². The molecule has 182 valence electrons. The molecule has 0 fully saturated rings. The highest BCUT2D eigenvalue weighted by molar-refractivity contribution is 6.09. The molecule has 0 aliphatic carbocycles. The molecule has 0 bridgehead atoms. The van der Waals surface area contributed by atoms with Crippen LogP contribution >= 0.6 is 0 Å². The van der Waals surface area contributed by atoms with E-state index in [4.69, 9.17) is 4.98 Å². The molecule has 0 N–H and O–H groups in total. The molecule has 3 heterocycles. The number of anilines is 3. The summed E-state index contributed by atoms with van der Waals surface area (Å²) >= 11 is 0. The van der Waals surface area contributed by atoms with Crippen molar-refractivity contribution in [2.75, 3.05) is 4.90 Å². The molecular formula is C34H26N4. The monoisotopic (exact) mass is 490 g/mol. The lowest BCUT2D eigenvalue weighted by Gasteiger charge is -2.41. The molecule has 2 aromatic heterocycles. The Hall–Kier alpha value is -4.83. The van der Waals surface area contributed by atoms with Crippen molar-refractivity contribution < 1.29 is 0 Å². The SMILES string of the molecule is CC1(C)c2ccc(-n3c4ccccc4c4ccccc43)cc2N(c2ccccc2)c2nc3ccccc3n21. The topological polar surface area (TPSA) is 26.0 Å². The number of hydrogen-bond acceptors (Lipinski definition) is 2.